The van der Waals surface area contributed by atoms with Crippen LogP contribution < -0.4 is 5.73 Å². The molecule has 1 unspecified atom stereocenters. The molecule has 0 rings (SSSR count). The van der Waals surface area contributed by atoms with Gasteiger partial charge in [0, 0.05) is 17.5 Å². The summed E-state index contributed by atoms with van der Waals surface area (Å²) in [4.78, 5) is 0. The Bertz CT molecular complexity index is 133. The zero-order valence-corrected chi connectivity index (χ0v) is 13.4. The minimum absolute atomic E-state index is 0. The highest BCUT2D eigenvalue weighted by molar-refractivity contribution is 7.99. The molecule has 3 heteroatoms. The van der Waals surface area contributed by atoms with E-state index >= 15 is 0 Å². The number of hydrogen-bond acceptors (Lipinski definition) is 2. The molecule has 0 heterocycles. The summed E-state index contributed by atoms with van der Waals surface area (Å²) >= 11 is 2.03. The summed E-state index contributed by atoms with van der Waals surface area (Å²) in [5.41, 5.74) is 5.49. The Hall–Kier alpha value is 0.600. The van der Waals surface area contributed by atoms with Crippen LogP contribution in [0.4, 0.5) is 0 Å². The first kappa shape index (κ1) is 19.9. The Labute approximate surface area is 119 Å². The van der Waals surface area contributed by atoms with Gasteiger partial charge in [0.05, 0.1) is 0 Å². The van der Waals surface area contributed by atoms with E-state index in [1.54, 1.807) is 0 Å². The van der Waals surface area contributed by atoms with Crippen LogP contribution in [0.15, 0.2) is 0 Å². The average molecular weight is 282 g/mol. The number of nitrogens with two attached hydrogens (primary N) is 1. The smallest absolute Gasteiger partial charge is 0.00585 e. The van der Waals surface area contributed by atoms with E-state index in [4.69, 9.17) is 5.73 Å². The molecule has 0 aliphatic heterocycles. The molecular formula is C14H32ClNS. The summed E-state index contributed by atoms with van der Waals surface area (Å²) in [6, 6.07) is 0. The molecular weight excluding hydrogens is 250 g/mol. The second-order valence-corrected chi connectivity index (χ2v) is 6.28. The van der Waals surface area contributed by atoms with Crippen LogP contribution in [0.25, 0.3) is 0 Å². The Morgan fingerprint density at radius 3 is 2.00 bits per heavy atom. The van der Waals surface area contributed by atoms with Crippen molar-refractivity contribution in [1.29, 1.82) is 0 Å². The van der Waals surface area contributed by atoms with Gasteiger partial charge < -0.3 is 5.73 Å². The number of hydrogen-bond donors (Lipinski definition) is 1. The summed E-state index contributed by atoms with van der Waals surface area (Å²) in [7, 11) is 0. The van der Waals surface area contributed by atoms with E-state index < -0.39 is 0 Å². The number of rotatable bonds is 12. The van der Waals surface area contributed by atoms with Crippen molar-refractivity contribution in [3.05, 3.63) is 0 Å². The number of halogens is 1. The highest BCUT2D eigenvalue weighted by Gasteiger charge is 2.01. The molecule has 17 heavy (non-hydrogen) atoms. The van der Waals surface area contributed by atoms with Crippen LogP contribution >= 0.6 is 24.2 Å². The largest absolute Gasteiger partial charge is 0.330 e. The Morgan fingerprint density at radius 2 is 1.47 bits per heavy atom. The van der Waals surface area contributed by atoms with E-state index in [1.807, 2.05) is 11.8 Å². The highest BCUT2D eigenvalue weighted by Crippen LogP contribution is 2.17. The van der Waals surface area contributed by atoms with Gasteiger partial charge in [-0.2, -0.15) is 11.8 Å². The molecule has 0 amide bonds. The lowest BCUT2D eigenvalue weighted by molar-refractivity contribution is 0.564. The van der Waals surface area contributed by atoms with Gasteiger partial charge in [-0.05, 0) is 6.42 Å². The monoisotopic (exact) mass is 281 g/mol. The normalized spacial score (nSPS) is 12.2. The van der Waals surface area contributed by atoms with Crippen LogP contribution in [0, 0.1) is 0 Å². The maximum absolute atomic E-state index is 5.49. The van der Waals surface area contributed by atoms with Gasteiger partial charge in [0.25, 0.3) is 0 Å². The fourth-order valence-corrected chi connectivity index (χ4v) is 2.79. The van der Waals surface area contributed by atoms with Gasteiger partial charge in [-0.3, -0.25) is 0 Å². The molecule has 0 aromatic rings. The Kier molecular flexibility index (Phi) is 19.5. The predicted molar refractivity (Wildman–Crippen MR) is 85.4 cm³/mol. The first-order valence-electron chi connectivity index (χ1n) is 7.13. The van der Waals surface area contributed by atoms with E-state index in [2.05, 4.69) is 13.8 Å². The topological polar surface area (TPSA) is 26.0 Å². The SMILES string of the molecule is CCCCCCCCCCC(C)SCCN.Cl. The average Bonchev–Trinajstić information content (AvgIpc) is 2.30. The first-order chi connectivity index (χ1) is 7.81. The lowest BCUT2D eigenvalue weighted by Crippen LogP contribution is -2.05. The summed E-state index contributed by atoms with van der Waals surface area (Å²) in [5.74, 6) is 1.12. The van der Waals surface area contributed by atoms with Gasteiger partial charge in [-0.1, -0.05) is 65.2 Å². The van der Waals surface area contributed by atoms with Crippen molar-refractivity contribution in [3.8, 4) is 0 Å². The summed E-state index contributed by atoms with van der Waals surface area (Å²) in [5, 5.41) is 0.809. The van der Waals surface area contributed by atoms with Crippen molar-refractivity contribution < 1.29 is 0 Å². The molecule has 0 spiro atoms. The van der Waals surface area contributed by atoms with Gasteiger partial charge in [-0.15, -0.1) is 12.4 Å². The lowest BCUT2D eigenvalue weighted by Gasteiger charge is -2.09. The third kappa shape index (κ3) is 16.6. The van der Waals surface area contributed by atoms with Crippen LogP contribution in [0.5, 0.6) is 0 Å². The molecule has 106 valence electrons. The summed E-state index contributed by atoms with van der Waals surface area (Å²) < 4.78 is 0. The van der Waals surface area contributed by atoms with Crippen LogP contribution in [-0.2, 0) is 0 Å². The molecule has 1 atom stereocenters. The van der Waals surface area contributed by atoms with E-state index in [0.717, 1.165) is 17.5 Å². The summed E-state index contributed by atoms with van der Waals surface area (Å²) in [6.45, 7) is 5.44. The van der Waals surface area contributed by atoms with E-state index in [1.165, 1.54) is 57.8 Å². The maximum Gasteiger partial charge on any atom is 0.00585 e. The number of thioether (sulfide) groups is 1. The second-order valence-electron chi connectivity index (χ2n) is 4.73. The molecule has 0 fully saturated rings. The molecule has 0 aliphatic carbocycles. The van der Waals surface area contributed by atoms with Gasteiger partial charge >= 0.3 is 0 Å². The number of unbranched alkanes of at least 4 members (excludes halogenated alkanes) is 7. The van der Waals surface area contributed by atoms with E-state index in [9.17, 15) is 0 Å². The standard InChI is InChI=1S/C14H31NS.ClH/c1-3-4-5-6-7-8-9-10-11-14(2)16-13-12-15;/h14H,3-13,15H2,1-2H3;1H. The Balaban J connectivity index is 0. The fraction of sp³-hybridized carbons (Fsp3) is 1.00. The lowest BCUT2D eigenvalue weighted by atomic mass is 10.1. The van der Waals surface area contributed by atoms with Gasteiger partial charge in [0.15, 0.2) is 0 Å². The molecule has 0 aromatic heterocycles. The minimum atomic E-state index is 0. The molecule has 0 aliphatic rings. The highest BCUT2D eigenvalue weighted by atomic mass is 35.5. The third-order valence-corrected chi connectivity index (χ3v) is 4.26. The molecule has 0 saturated heterocycles. The van der Waals surface area contributed by atoms with Crippen LogP contribution in [0.1, 0.15) is 71.6 Å². The predicted octanol–water partition coefficient (Wildman–Crippen LogP) is 5.02. The quantitative estimate of drug-likeness (QED) is 0.508. The molecule has 0 aromatic carbocycles. The molecule has 0 radical (unpaired) electrons. The van der Waals surface area contributed by atoms with Crippen LogP contribution in [0.3, 0.4) is 0 Å². The van der Waals surface area contributed by atoms with Crippen LogP contribution in [0.2, 0.25) is 0 Å². The van der Waals surface area contributed by atoms with E-state index in [0.29, 0.717) is 0 Å². The zero-order chi connectivity index (χ0) is 12.1. The minimum Gasteiger partial charge on any atom is -0.330 e. The van der Waals surface area contributed by atoms with Crippen molar-refractivity contribution in [2.24, 2.45) is 5.73 Å². The van der Waals surface area contributed by atoms with E-state index in [-0.39, 0.29) is 12.4 Å². The van der Waals surface area contributed by atoms with Gasteiger partial charge in [0.2, 0.25) is 0 Å². The molecule has 2 N–H and O–H groups in total. The van der Waals surface area contributed by atoms with Crippen molar-refractivity contribution in [3.63, 3.8) is 0 Å². The van der Waals surface area contributed by atoms with Crippen molar-refractivity contribution in [2.75, 3.05) is 12.3 Å². The van der Waals surface area contributed by atoms with Crippen LogP contribution in [-0.4, -0.2) is 17.5 Å². The summed E-state index contributed by atoms with van der Waals surface area (Å²) in [6.07, 6.45) is 12.8. The third-order valence-electron chi connectivity index (χ3n) is 2.98. The zero-order valence-electron chi connectivity index (χ0n) is 11.7. The van der Waals surface area contributed by atoms with Gasteiger partial charge in [0.1, 0.15) is 0 Å². The molecule has 0 saturated carbocycles. The van der Waals surface area contributed by atoms with Crippen molar-refractivity contribution >= 4 is 24.2 Å². The Morgan fingerprint density at radius 1 is 0.941 bits per heavy atom. The molecule has 1 nitrogen and oxygen atoms in total. The maximum atomic E-state index is 5.49. The first-order valence-corrected chi connectivity index (χ1v) is 8.17. The second kappa shape index (κ2) is 16.6. The molecule has 0 bridgehead atoms. The van der Waals surface area contributed by atoms with Crippen molar-refractivity contribution in [2.45, 2.75) is 76.9 Å². The van der Waals surface area contributed by atoms with Gasteiger partial charge in [-0.25, -0.2) is 0 Å². The fourth-order valence-electron chi connectivity index (χ4n) is 1.92. The van der Waals surface area contributed by atoms with Crippen molar-refractivity contribution in [1.82, 2.24) is 0 Å².